The first kappa shape index (κ1) is 11.5. The maximum absolute atomic E-state index is 5.46. The predicted molar refractivity (Wildman–Crippen MR) is 67.2 cm³/mol. The van der Waals surface area contributed by atoms with Crippen molar-refractivity contribution in [3.8, 4) is 5.88 Å². The van der Waals surface area contributed by atoms with E-state index in [2.05, 4.69) is 22.2 Å². The lowest BCUT2D eigenvalue weighted by Gasteiger charge is -2.11. The average molecular weight is 239 g/mol. The zero-order chi connectivity index (χ0) is 11.2. The number of ether oxygens (including phenoxy) is 1. The van der Waals surface area contributed by atoms with E-state index in [0.717, 1.165) is 12.2 Å². The Morgan fingerprint density at radius 1 is 1.62 bits per heavy atom. The molecule has 1 aliphatic heterocycles. The van der Waals surface area contributed by atoms with E-state index in [4.69, 9.17) is 4.74 Å². The number of nitrogens with one attached hydrogen (secondary N) is 1. The summed E-state index contributed by atoms with van der Waals surface area (Å²) in [6.07, 6.45) is 3.92. The quantitative estimate of drug-likeness (QED) is 0.853. The van der Waals surface area contributed by atoms with Crippen LogP contribution in [0.25, 0.3) is 0 Å². The number of hydrogen-bond acceptors (Lipinski definition) is 5. The second-order valence-electron chi connectivity index (χ2n) is 3.77. The molecule has 0 aliphatic carbocycles. The van der Waals surface area contributed by atoms with E-state index in [1.807, 2.05) is 11.8 Å². The lowest BCUT2D eigenvalue weighted by molar-refractivity contribution is 0.305. The molecule has 0 bridgehead atoms. The molecular formula is C11H17N3OS. The SMILES string of the molecule is CCCOc1ccnc(NC2CCSC2)n1. The minimum Gasteiger partial charge on any atom is -0.478 e. The van der Waals surface area contributed by atoms with Crippen molar-refractivity contribution in [1.82, 2.24) is 9.97 Å². The van der Waals surface area contributed by atoms with E-state index in [0.29, 0.717) is 24.5 Å². The Kier molecular flexibility index (Phi) is 4.27. The van der Waals surface area contributed by atoms with Gasteiger partial charge in [-0.15, -0.1) is 0 Å². The third-order valence-electron chi connectivity index (χ3n) is 2.35. The van der Waals surface area contributed by atoms with Gasteiger partial charge in [0.05, 0.1) is 6.61 Å². The van der Waals surface area contributed by atoms with Gasteiger partial charge < -0.3 is 10.1 Å². The van der Waals surface area contributed by atoms with E-state index in [1.54, 1.807) is 12.3 Å². The molecule has 1 aromatic rings. The molecule has 5 heteroatoms. The molecule has 0 radical (unpaired) electrons. The number of aromatic nitrogens is 2. The van der Waals surface area contributed by atoms with Crippen LogP contribution in [-0.2, 0) is 0 Å². The predicted octanol–water partition coefficient (Wildman–Crippen LogP) is 2.18. The molecule has 2 rings (SSSR count). The molecule has 4 nitrogen and oxygen atoms in total. The van der Waals surface area contributed by atoms with Crippen LogP contribution in [0.3, 0.4) is 0 Å². The van der Waals surface area contributed by atoms with Crippen LogP contribution in [0.15, 0.2) is 12.3 Å². The topological polar surface area (TPSA) is 47.0 Å². The maximum Gasteiger partial charge on any atom is 0.226 e. The van der Waals surface area contributed by atoms with E-state index in [1.165, 1.54) is 12.2 Å². The fourth-order valence-corrected chi connectivity index (χ4v) is 2.68. The van der Waals surface area contributed by atoms with Crippen molar-refractivity contribution in [2.75, 3.05) is 23.4 Å². The second kappa shape index (κ2) is 5.94. The van der Waals surface area contributed by atoms with Crippen molar-refractivity contribution in [1.29, 1.82) is 0 Å². The summed E-state index contributed by atoms with van der Waals surface area (Å²) in [5.41, 5.74) is 0. The lowest BCUT2D eigenvalue weighted by atomic mass is 10.3. The van der Waals surface area contributed by atoms with Gasteiger partial charge in [-0.2, -0.15) is 16.7 Å². The first-order valence-corrected chi connectivity index (χ1v) is 6.84. The van der Waals surface area contributed by atoms with Gasteiger partial charge in [0.25, 0.3) is 0 Å². The molecule has 1 aliphatic rings. The summed E-state index contributed by atoms with van der Waals surface area (Å²) >= 11 is 1.97. The summed E-state index contributed by atoms with van der Waals surface area (Å²) in [5, 5.41) is 3.33. The van der Waals surface area contributed by atoms with Gasteiger partial charge in [0.1, 0.15) is 0 Å². The Bertz CT molecular complexity index is 329. The van der Waals surface area contributed by atoms with Gasteiger partial charge in [0.2, 0.25) is 11.8 Å². The number of anilines is 1. The van der Waals surface area contributed by atoms with E-state index >= 15 is 0 Å². The standard InChI is InChI=1S/C11H17N3OS/c1-2-6-15-10-3-5-12-11(14-10)13-9-4-7-16-8-9/h3,5,9H,2,4,6-8H2,1H3,(H,12,13,14). The monoisotopic (exact) mass is 239 g/mol. The molecule has 1 saturated heterocycles. The normalized spacial score (nSPS) is 19.7. The molecule has 1 atom stereocenters. The fourth-order valence-electron chi connectivity index (χ4n) is 1.53. The molecule has 1 fully saturated rings. The van der Waals surface area contributed by atoms with Crippen LogP contribution in [-0.4, -0.2) is 34.1 Å². The van der Waals surface area contributed by atoms with Crippen molar-refractivity contribution in [3.63, 3.8) is 0 Å². The number of nitrogens with zero attached hydrogens (tertiary/aromatic N) is 2. The van der Waals surface area contributed by atoms with Crippen molar-refractivity contribution < 1.29 is 4.74 Å². The molecule has 0 spiro atoms. The van der Waals surface area contributed by atoms with Gasteiger partial charge in [-0.1, -0.05) is 6.92 Å². The molecular weight excluding hydrogens is 222 g/mol. The Hall–Kier alpha value is -0.970. The van der Waals surface area contributed by atoms with Crippen LogP contribution >= 0.6 is 11.8 Å². The third kappa shape index (κ3) is 3.27. The fraction of sp³-hybridized carbons (Fsp3) is 0.636. The number of thioether (sulfide) groups is 1. The lowest BCUT2D eigenvalue weighted by Crippen LogP contribution is -2.19. The maximum atomic E-state index is 5.46. The van der Waals surface area contributed by atoms with Gasteiger partial charge in [-0.3, -0.25) is 0 Å². The molecule has 1 unspecified atom stereocenters. The Morgan fingerprint density at radius 2 is 2.56 bits per heavy atom. The molecule has 16 heavy (non-hydrogen) atoms. The summed E-state index contributed by atoms with van der Waals surface area (Å²) < 4.78 is 5.46. The van der Waals surface area contributed by atoms with Crippen molar-refractivity contribution >= 4 is 17.7 Å². The summed E-state index contributed by atoms with van der Waals surface area (Å²) in [6.45, 7) is 2.78. The van der Waals surface area contributed by atoms with Gasteiger partial charge in [-0.05, 0) is 18.6 Å². The van der Waals surface area contributed by atoms with Crippen LogP contribution in [0, 0.1) is 0 Å². The Balaban J connectivity index is 1.92. The van der Waals surface area contributed by atoms with E-state index < -0.39 is 0 Å². The highest BCUT2D eigenvalue weighted by molar-refractivity contribution is 7.99. The van der Waals surface area contributed by atoms with E-state index in [-0.39, 0.29) is 0 Å². The molecule has 0 saturated carbocycles. The Labute approximate surface area is 100 Å². The van der Waals surface area contributed by atoms with Crippen LogP contribution in [0.4, 0.5) is 5.95 Å². The zero-order valence-corrected chi connectivity index (χ0v) is 10.3. The van der Waals surface area contributed by atoms with Crippen molar-refractivity contribution in [3.05, 3.63) is 12.3 Å². The molecule has 88 valence electrons. The molecule has 1 aromatic heterocycles. The zero-order valence-electron chi connectivity index (χ0n) is 9.48. The molecule has 0 aromatic carbocycles. The summed E-state index contributed by atoms with van der Waals surface area (Å²) in [5.74, 6) is 3.71. The van der Waals surface area contributed by atoms with Crippen LogP contribution in [0.1, 0.15) is 19.8 Å². The van der Waals surface area contributed by atoms with Crippen molar-refractivity contribution in [2.45, 2.75) is 25.8 Å². The van der Waals surface area contributed by atoms with Crippen LogP contribution in [0.5, 0.6) is 5.88 Å². The van der Waals surface area contributed by atoms with E-state index in [9.17, 15) is 0 Å². The highest BCUT2D eigenvalue weighted by Crippen LogP contribution is 2.20. The first-order chi connectivity index (χ1) is 7.88. The number of hydrogen-bond donors (Lipinski definition) is 1. The van der Waals surface area contributed by atoms with Gasteiger partial charge in [0, 0.05) is 24.1 Å². The molecule has 1 N–H and O–H groups in total. The summed E-state index contributed by atoms with van der Waals surface area (Å²) in [7, 11) is 0. The molecule has 0 amide bonds. The second-order valence-corrected chi connectivity index (χ2v) is 4.92. The highest BCUT2D eigenvalue weighted by Gasteiger charge is 2.16. The van der Waals surface area contributed by atoms with Gasteiger partial charge in [0.15, 0.2) is 0 Å². The van der Waals surface area contributed by atoms with Crippen LogP contribution < -0.4 is 10.1 Å². The largest absolute Gasteiger partial charge is 0.478 e. The Morgan fingerprint density at radius 3 is 3.31 bits per heavy atom. The van der Waals surface area contributed by atoms with Crippen molar-refractivity contribution in [2.24, 2.45) is 0 Å². The first-order valence-electron chi connectivity index (χ1n) is 5.68. The number of rotatable bonds is 5. The minimum absolute atomic E-state index is 0.506. The summed E-state index contributed by atoms with van der Waals surface area (Å²) in [6, 6.07) is 2.30. The molecule has 2 heterocycles. The van der Waals surface area contributed by atoms with Gasteiger partial charge >= 0.3 is 0 Å². The third-order valence-corrected chi connectivity index (χ3v) is 3.51. The highest BCUT2D eigenvalue weighted by atomic mass is 32.2. The smallest absolute Gasteiger partial charge is 0.226 e. The van der Waals surface area contributed by atoms with Crippen LogP contribution in [0.2, 0.25) is 0 Å². The minimum atomic E-state index is 0.506. The average Bonchev–Trinajstić information content (AvgIpc) is 2.80. The summed E-state index contributed by atoms with van der Waals surface area (Å²) in [4.78, 5) is 8.52. The van der Waals surface area contributed by atoms with Gasteiger partial charge in [-0.25, -0.2) is 4.98 Å².